The number of nitrogens with one attached hydrogen (secondary N) is 1. The minimum absolute atomic E-state index is 0.0259. The fourth-order valence-electron chi connectivity index (χ4n) is 1.94. The molecule has 0 atom stereocenters. The first kappa shape index (κ1) is 18.9. The first-order valence-electron chi connectivity index (χ1n) is 6.84. The van der Waals surface area contributed by atoms with Crippen LogP contribution in [0.2, 0.25) is 5.15 Å². The topological polar surface area (TPSA) is 79.4 Å². The van der Waals surface area contributed by atoms with E-state index in [1.165, 1.54) is 19.2 Å². The van der Waals surface area contributed by atoms with Crippen molar-refractivity contribution in [1.82, 2.24) is 9.29 Å². The van der Waals surface area contributed by atoms with Gasteiger partial charge in [0.05, 0.1) is 6.54 Å². The van der Waals surface area contributed by atoms with Crippen molar-refractivity contribution in [2.24, 2.45) is 0 Å². The monoisotopic (exact) mass is 431 g/mol. The van der Waals surface area contributed by atoms with Crippen molar-refractivity contribution in [3.63, 3.8) is 0 Å². The highest BCUT2D eigenvalue weighted by atomic mass is 79.9. The van der Waals surface area contributed by atoms with Crippen LogP contribution in [0.5, 0.6) is 0 Å². The van der Waals surface area contributed by atoms with Crippen LogP contribution < -0.4 is 5.32 Å². The van der Waals surface area contributed by atoms with Gasteiger partial charge in [-0.05, 0) is 42.8 Å². The van der Waals surface area contributed by atoms with Crippen molar-refractivity contribution < 1.29 is 13.2 Å². The second-order valence-electron chi connectivity index (χ2n) is 5.09. The second-order valence-corrected chi connectivity index (χ2v) is 8.43. The van der Waals surface area contributed by atoms with E-state index in [1.807, 2.05) is 13.0 Å². The summed E-state index contributed by atoms with van der Waals surface area (Å²) in [7, 11) is -2.48. The van der Waals surface area contributed by atoms with Crippen molar-refractivity contribution in [2.45, 2.75) is 11.8 Å². The van der Waals surface area contributed by atoms with Crippen LogP contribution in [0.25, 0.3) is 0 Å². The van der Waals surface area contributed by atoms with Gasteiger partial charge in [0.25, 0.3) is 0 Å². The quantitative estimate of drug-likeness (QED) is 0.737. The van der Waals surface area contributed by atoms with Gasteiger partial charge in [-0.25, -0.2) is 13.4 Å². The molecule has 0 spiro atoms. The summed E-state index contributed by atoms with van der Waals surface area (Å²) >= 11 is 9.00. The Morgan fingerprint density at radius 1 is 1.33 bits per heavy atom. The largest absolute Gasteiger partial charge is 0.325 e. The van der Waals surface area contributed by atoms with E-state index in [0.29, 0.717) is 5.69 Å². The highest BCUT2D eigenvalue weighted by molar-refractivity contribution is 9.10. The molecule has 0 radical (unpaired) electrons. The standard InChI is InChI=1S/C15H15BrClN3O3S/c1-10-7-11(16)3-5-13(10)19-15(21)9-20(2)24(22,23)12-4-6-14(17)18-8-12/h3-8H,9H2,1-2H3,(H,19,21). The lowest BCUT2D eigenvalue weighted by molar-refractivity contribution is -0.116. The normalized spacial score (nSPS) is 11.5. The molecular weight excluding hydrogens is 418 g/mol. The van der Waals surface area contributed by atoms with Gasteiger partial charge >= 0.3 is 0 Å². The molecule has 128 valence electrons. The number of halogens is 2. The Morgan fingerprint density at radius 2 is 2.04 bits per heavy atom. The Hall–Kier alpha value is -1.48. The van der Waals surface area contributed by atoms with E-state index in [2.05, 4.69) is 26.2 Å². The number of pyridine rings is 1. The Morgan fingerprint density at radius 3 is 2.62 bits per heavy atom. The third kappa shape index (κ3) is 4.54. The Balaban J connectivity index is 2.09. The fraction of sp³-hybridized carbons (Fsp3) is 0.200. The molecule has 0 bridgehead atoms. The minimum Gasteiger partial charge on any atom is -0.325 e. The van der Waals surface area contributed by atoms with Gasteiger partial charge in [-0.3, -0.25) is 4.79 Å². The lowest BCUT2D eigenvalue weighted by Crippen LogP contribution is -2.35. The van der Waals surface area contributed by atoms with Crippen molar-refractivity contribution >= 4 is 49.1 Å². The number of carbonyl (C=O) groups is 1. The van der Waals surface area contributed by atoms with Crippen molar-refractivity contribution in [2.75, 3.05) is 18.9 Å². The smallest absolute Gasteiger partial charge is 0.244 e. The van der Waals surface area contributed by atoms with Gasteiger partial charge in [0.15, 0.2) is 0 Å². The maximum absolute atomic E-state index is 12.4. The third-order valence-electron chi connectivity index (χ3n) is 3.24. The fourth-order valence-corrected chi connectivity index (χ4v) is 3.60. The molecule has 1 amide bonds. The Bertz CT molecular complexity index is 857. The number of anilines is 1. The van der Waals surface area contributed by atoms with Crippen LogP contribution in [-0.4, -0.2) is 37.2 Å². The van der Waals surface area contributed by atoms with Crippen LogP contribution in [0, 0.1) is 6.92 Å². The number of aromatic nitrogens is 1. The minimum atomic E-state index is -3.82. The molecule has 1 aromatic carbocycles. The molecule has 9 heteroatoms. The van der Waals surface area contributed by atoms with E-state index in [0.717, 1.165) is 20.5 Å². The summed E-state index contributed by atoms with van der Waals surface area (Å²) in [6.07, 6.45) is 1.16. The molecule has 0 aliphatic heterocycles. The van der Waals surface area contributed by atoms with Crippen LogP contribution in [0.15, 0.2) is 45.9 Å². The Kier molecular flexibility index (Phi) is 5.97. The van der Waals surface area contributed by atoms with Gasteiger partial charge in [0.1, 0.15) is 10.0 Å². The number of benzene rings is 1. The number of rotatable bonds is 5. The predicted molar refractivity (Wildman–Crippen MR) is 96.6 cm³/mol. The Labute approximate surface area is 154 Å². The summed E-state index contributed by atoms with van der Waals surface area (Å²) in [5.74, 6) is -0.437. The molecular formula is C15H15BrClN3O3S. The summed E-state index contributed by atoms with van der Waals surface area (Å²) in [5.41, 5.74) is 1.49. The molecule has 2 aromatic rings. The van der Waals surface area contributed by atoms with Gasteiger partial charge in [0.2, 0.25) is 15.9 Å². The summed E-state index contributed by atoms with van der Waals surface area (Å²) in [4.78, 5) is 15.8. The zero-order valence-electron chi connectivity index (χ0n) is 13.0. The molecule has 24 heavy (non-hydrogen) atoms. The lowest BCUT2D eigenvalue weighted by atomic mass is 10.2. The van der Waals surface area contributed by atoms with E-state index in [1.54, 1.807) is 12.1 Å². The predicted octanol–water partition coefficient (Wildman–Crippen LogP) is 3.07. The zero-order valence-corrected chi connectivity index (χ0v) is 16.1. The number of carbonyl (C=O) groups excluding carboxylic acids is 1. The molecule has 1 heterocycles. The number of sulfonamides is 1. The number of amides is 1. The highest BCUT2D eigenvalue weighted by Gasteiger charge is 2.23. The number of aryl methyl sites for hydroxylation is 1. The summed E-state index contributed by atoms with van der Waals surface area (Å²) in [6, 6.07) is 8.12. The zero-order chi connectivity index (χ0) is 17.9. The average molecular weight is 433 g/mol. The van der Waals surface area contributed by atoms with E-state index < -0.39 is 15.9 Å². The van der Waals surface area contributed by atoms with E-state index in [4.69, 9.17) is 11.6 Å². The first-order valence-corrected chi connectivity index (χ1v) is 9.45. The van der Waals surface area contributed by atoms with Gasteiger partial charge in [-0.2, -0.15) is 4.31 Å². The van der Waals surface area contributed by atoms with Crippen molar-refractivity contribution in [3.05, 3.63) is 51.7 Å². The number of hydrogen-bond acceptors (Lipinski definition) is 4. The third-order valence-corrected chi connectivity index (χ3v) is 5.74. The molecule has 6 nitrogen and oxygen atoms in total. The second kappa shape index (κ2) is 7.60. The number of hydrogen-bond donors (Lipinski definition) is 1. The van der Waals surface area contributed by atoms with Gasteiger partial charge < -0.3 is 5.32 Å². The van der Waals surface area contributed by atoms with Crippen LogP contribution in [0.1, 0.15) is 5.56 Å². The van der Waals surface area contributed by atoms with Crippen molar-refractivity contribution in [1.29, 1.82) is 0 Å². The molecule has 0 unspecified atom stereocenters. The molecule has 0 fully saturated rings. The summed E-state index contributed by atoms with van der Waals surface area (Å²) in [6.45, 7) is 1.53. The number of nitrogens with zero attached hydrogens (tertiary/aromatic N) is 2. The van der Waals surface area contributed by atoms with E-state index >= 15 is 0 Å². The molecule has 1 aromatic heterocycles. The maximum atomic E-state index is 12.4. The van der Waals surface area contributed by atoms with E-state index in [9.17, 15) is 13.2 Å². The molecule has 0 aliphatic rings. The SMILES string of the molecule is Cc1cc(Br)ccc1NC(=O)CN(C)S(=O)(=O)c1ccc(Cl)nc1. The molecule has 0 saturated heterocycles. The molecule has 0 saturated carbocycles. The number of likely N-dealkylation sites (N-methyl/N-ethyl adjacent to an activating group) is 1. The van der Waals surface area contributed by atoms with Crippen LogP contribution >= 0.6 is 27.5 Å². The highest BCUT2D eigenvalue weighted by Crippen LogP contribution is 2.20. The molecule has 1 N–H and O–H groups in total. The lowest BCUT2D eigenvalue weighted by Gasteiger charge is -2.17. The van der Waals surface area contributed by atoms with Crippen LogP contribution in [0.3, 0.4) is 0 Å². The maximum Gasteiger partial charge on any atom is 0.244 e. The molecule has 2 rings (SSSR count). The van der Waals surface area contributed by atoms with Gasteiger partial charge in [0, 0.05) is 23.4 Å². The summed E-state index contributed by atoms with van der Waals surface area (Å²) in [5, 5.41) is 2.89. The van der Waals surface area contributed by atoms with E-state index in [-0.39, 0.29) is 16.6 Å². The summed E-state index contributed by atoms with van der Waals surface area (Å²) < 4.78 is 26.7. The van der Waals surface area contributed by atoms with Crippen LogP contribution in [0.4, 0.5) is 5.69 Å². The van der Waals surface area contributed by atoms with Crippen LogP contribution in [-0.2, 0) is 14.8 Å². The van der Waals surface area contributed by atoms with Gasteiger partial charge in [-0.15, -0.1) is 0 Å². The van der Waals surface area contributed by atoms with Gasteiger partial charge in [-0.1, -0.05) is 27.5 Å². The average Bonchev–Trinajstić information content (AvgIpc) is 2.50. The van der Waals surface area contributed by atoms with Crippen molar-refractivity contribution in [3.8, 4) is 0 Å². The molecule has 0 aliphatic carbocycles. The first-order chi connectivity index (χ1) is 11.2.